The van der Waals surface area contributed by atoms with Crippen LogP contribution in [0.25, 0.3) is 99.2 Å². The van der Waals surface area contributed by atoms with Crippen molar-refractivity contribution in [3.05, 3.63) is 176 Å². The fourth-order valence-electron chi connectivity index (χ4n) is 7.49. The lowest BCUT2D eigenvalue weighted by Crippen LogP contribution is -1.97. The molecule has 0 amide bonds. The largest absolute Gasteiger partial charge is 0.247 e. The maximum Gasteiger partial charge on any atom is 0.161 e. The summed E-state index contributed by atoms with van der Waals surface area (Å²) in [6, 6.07) is 62.0. The van der Waals surface area contributed by atoms with Crippen LogP contribution in [0.3, 0.4) is 0 Å². The van der Waals surface area contributed by atoms with Crippen molar-refractivity contribution in [2.75, 3.05) is 0 Å². The lowest BCUT2D eigenvalue weighted by Gasteiger charge is -2.14. The van der Waals surface area contributed by atoms with Gasteiger partial charge in [-0.25, -0.2) is 15.0 Å². The third-order valence-corrected chi connectivity index (χ3v) is 9.84. The van der Waals surface area contributed by atoms with E-state index >= 15 is 0 Å². The molecule has 0 aliphatic carbocycles. The van der Waals surface area contributed by atoms with Crippen molar-refractivity contribution in [2.45, 2.75) is 0 Å². The minimum absolute atomic E-state index is 0.702. The first-order valence-electron chi connectivity index (χ1n) is 16.9. The first-order chi connectivity index (χ1) is 24.8. The lowest BCUT2D eigenvalue weighted by molar-refractivity contribution is 1.19. The molecule has 0 spiro atoms. The van der Waals surface area contributed by atoms with Gasteiger partial charge in [-0.15, -0.1) is 0 Å². The van der Waals surface area contributed by atoms with Gasteiger partial charge in [-0.3, -0.25) is 0 Å². The number of para-hydroxylation sites is 1. The summed E-state index contributed by atoms with van der Waals surface area (Å²) < 4.78 is 0. The highest BCUT2D eigenvalue weighted by molar-refractivity contribution is 6.22. The number of nitrogens with zero attached hydrogens (tertiary/aromatic N) is 3. The van der Waals surface area contributed by atoms with Crippen molar-refractivity contribution in [1.29, 1.82) is 0 Å². The zero-order valence-electron chi connectivity index (χ0n) is 27.1. The van der Waals surface area contributed by atoms with Crippen molar-refractivity contribution in [3.63, 3.8) is 0 Å². The lowest BCUT2D eigenvalue weighted by atomic mass is 9.94. The van der Waals surface area contributed by atoms with Crippen LogP contribution >= 0.6 is 0 Å². The van der Waals surface area contributed by atoms with Gasteiger partial charge in [0.15, 0.2) is 5.82 Å². The molecule has 0 saturated heterocycles. The highest BCUT2D eigenvalue weighted by Gasteiger charge is 2.17. The summed E-state index contributed by atoms with van der Waals surface area (Å²) in [5.41, 5.74) is 7.85. The molecule has 0 saturated carbocycles. The first kappa shape index (κ1) is 28.3. The van der Waals surface area contributed by atoms with Crippen LogP contribution in [-0.4, -0.2) is 15.0 Å². The maximum absolute atomic E-state index is 5.29. The van der Waals surface area contributed by atoms with Gasteiger partial charge in [-0.1, -0.05) is 158 Å². The van der Waals surface area contributed by atoms with Crippen LogP contribution in [0.4, 0.5) is 0 Å². The van der Waals surface area contributed by atoms with E-state index in [-0.39, 0.29) is 0 Å². The van der Waals surface area contributed by atoms with Crippen molar-refractivity contribution in [1.82, 2.24) is 15.0 Å². The average molecular weight is 636 g/mol. The average Bonchev–Trinajstić information content (AvgIpc) is 3.19. The van der Waals surface area contributed by atoms with Crippen LogP contribution in [0.1, 0.15) is 0 Å². The number of fused-ring (bicyclic) bond motifs is 7. The highest BCUT2D eigenvalue weighted by Crippen LogP contribution is 2.39. The Bertz CT molecular complexity index is 2820. The molecule has 50 heavy (non-hydrogen) atoms. The van der Waals surface area contributed by atoms with E-state index in [1.807, 2.05) is 0 Å². The second kappa shape index (κ2) is 11.5. The summed E-state index contributed by atoms with van der Waals surface area (Å²) in [6.45, 7) is 0. The number of rotatable bonds is 4. The van der Waals surface area contributed by atoms with Gasteiger partial charge >= 0.3 is 0 Å². The van der Waals surface area contributed by atoms with E-state index in [1.54, 1.807) is 0 Å². The molecule has 8 aromatic carbocycles. The summed E-state index contributed by atoms with van der Waals surface area (Å²) in [4.78, 5) is 15.8. The Morgan fingerprint density at radius 2 is 0.880 bits per heavy atom. The smallest absolute Gasteiger partial charge is 0.161 e. The fraction of sp³-hybridized carbons (Fsp3) is 0. The van der Waals surface area contributed by atoms with Crippen molar-refractivity contribution in [2.24, 2.45) is 0 Å². The minimum atomic E-state index is 0.702. The van der Waals surface area contributed by atoms with Crippen molar-refractivity contribution in [3.8, 4) is 45.2 Å². The van der Waals surface area contributed by atoms with E-state index in [9.17, 15) is 0 Å². The summed E-state index contributed by atoms with van der Waals surface area (Å²) >= 11 is 0. The molecule has 2 aromatic heterocycles. The maximum atomic E-state index is 5.29. The van der Waals surface area contributed by atoms with Crippen LogP contribution in [0.2, 0.25) is 0 Å². The molecule has 0 aliphatic heterocycles. The summed E-state index contributed by atoms with van der Waals surface area (Å²) in [7, 11) is 0. The number of aromatic nitrogens is 3. The zero-order valence-corrected chi connectivity index (χ0v) is 27.1. The molecule has 0 N–H and O–H groups in total. The topological polar surface area (TPSA) is 38.7 Å². The third kappa shape index (κ3) is 4.63. The van der Waals surface area contributed by atoms with Crippen molar-refractivity contribution >= 4 is 54.0 Å². The molecule has 0 unspecified atom stereocenters. The van der Waals surface area contributed by atoms with E-state index in [1.165, 1.54) is 21.5 Å². The SMILES string of the molecule is c1cc(-c2cc(-c3cccc4ccccc34)nc(-c3cccc4ccccc34)n2)cc(-c2nc3ccccc3c3c2ccc2ccccc23)c1. The molecule has 0 fully saturated rings. The molecule has 0 bridgehead atoms. The highest BCUT2D eigenvalue weighted by atomic mass is 14.9. The van der Waals surface area contributed by atoms with Gasteiger partial charge in [-0.05, 0) is 50.5 Å². The minimum Gasteiger partial charge on any atom is -0.247 e. The first-order valence-corrected chi connectivity index (χ1v) is 16.9. The number of benzene rings is 8. The molecule has 2 heterocycles. The Morgan fingerprint density at radius 1 is 0.320 bits per heavy atom. The van der Waals surface area contributed by atoms with Gasteiger partial charge in [-0.2, -0.15) is 0 Å². The van der Waals surface area contributed by atoms with Crippen LogP contribution in [-0.2, 0) is 0 Å². The van der Waals surface area contributed by atoms with E-state index in [4.69, 9.17) is 15.0 Å². The van der Waals surface area contributed by atoms with E-state index in [0.717, 1.165) is 71.8 Å². The van der Waals surface area contributed by atoms with Gasteiger partial charge < -0.3 is 0 Å². The predicted molar refractivity (Wildman–Crippen MR) is 209 cm³/mol. The van der Waals surface area contributed by atoms with E-state index < -0.39 is 0 Å². The van der Waals surface area contributed by atoms with E-state index in [2.05, 4.69) is 176 Å². The Morgan fingerprint density at radius 3 is 1.66 bits per heavy atom. The number of hydrogen-bond acceptors (Lipinski definition) is 3. The van der Waals surface area contributed by atoms with E-state index in [0.29, 0.717) is 5.82 Å². The summed E-state index contributed by atoms with van der Waals surface area (Å²) in [5.74, 6) is 0.702. The van der Waals surface area contributed by atoms with Gasteiger partial charge in [0, 0.05) is 38.4 Å². The monoisotopic (exact) mass is 635 g/mol. The van der Waals surface area contributed by atoms with Gasteiger partial charge in [0.25, 0.3) is 0 Å². The Labute approximate surface area is 289 Å². The second-order valence-corrected chi connectivity index (χ2v) is 12.8. The molecule has 0 radical (unpaired) electrons. The Hall–Kier alpha value is -6.71. The number of pyridine rings is 1. The molecule has 10 rings (SSSR count). The van der Waals surface area contributed by atoms with Gasteiger partial charge in [0.2, 0.25) is 0 Å². The molecular formula is C47H29N3. The van der Waals surface area contributed by atoms with Crippen LogP contribution in [0.15, 0.2) is 176 Å². The van der Waals surface area contributed by atoms with Crippen LogP contribution in [0, 0.1) is 0 Å². The van der Waals surface area contributed by atoms with Crippen molar-refractivity contribution < 1.29 is 0 Å². The molecule has 10 aromatic rings. The summed E-state index contributed by atoms with van der Waals surface area (Å²) in [6.07, 6.45) is 0. The quantitative estimate of drug-likeness (QED) is 0.181. The molecule has 3 heteroatoms. The van der Waals surface area contributed by atoms with Crippen LogP contribution < -0.4 is 0 Å². The predicted octanol–water partition coefficient (Wildman–Crippen LogP) is 12.3. The normalized spacial score (nSPS) is 11.6. The van der Waals surface area contributed by atoms with Gasteiger partial charge in [0.1, 0.15) is 0 Å². The zero-order chi connectivity index (χ0) is 33.0. The standard InChI is InChI=1S/C47H29N3/c1-4-19-35-30(12-1)15-10-23-38(35)44-29-43(49-47(50-44)39-24-11-16-31-13-2-5-20-36(31)39)33-17-9-18-34(28-33)46-41-27-26-32-14-3-6-21-37(32)45(41)40-22-7-8-25-42(40)48-46/h1-29H. The van der Waals surface area contributed by atoms with Gasteiger partial charge in [0.05, 0.1) is 22.6 Å². The molecule has 3 nitrogen and oxygen atoms in total. The Kier molecular flexibility index (Phi) is 6.49. The molecule has 0 atom stereocenters. The number of hydrogen-bond donors (Lipinski definition) is 0. The summed E-state index contributed by atoms with van der Waals surface area (Å²) in [5, 5.41) is 10.6. The molecule has 232 valence electrons. The Balaban J connectivity index is 1.22. The van der Waals surface area contributed by atoms with Crippen LogP contribution in [0.5, 0.6) is 0 Å². The second-order valence-electron chi connectivity index (χ2n) is 12.8. The third-order valence-electron chi connectivity index (χ3n) is 9.84. The fourth-order valence-corrected chi connectivity index (χ4v) is 7.49. The molecular weight excluding hydrogens is 607 g/mol. The molecule has 0 aliphatic rings.